The molecule has 4 nitrogen and oxygen atoms in total. The lowest BCUT2D eigenvalue weighted by molar-refractivity contribution is -0.175. The molecule has 0 radical (unpaired) electrons. The van der Waals surface area contributed by atoms with Gasteiger partial charge >= 0.3 is 0 Å². The van der Waals surface area contributed by atoms with E-state index in [4.69, 9.17) is 18.9 Å². The predicted molar refractivity (Wildman–Crippen MR) is 47.5 cm³/mol. The SMILES string of the molecule is COCC1OC(OC)C=CC1OC. The molecule has 4 heteroatoms. The second-order valence-corrected chi connectivity index (χ2v) is 2.82. The number of hydrogen-bond acceptors (Lipinski definition) is 4. The highest BCUT2D eigenvalue weighted by Crippen LogP contribution is 2.15. The highest BCUT2D eigenvalue weighted by Gasteiger charge is 2.26. The molecule has 3 atom stereocenters. The van der Waals surface area contributed by atoms with Crippen molar-refractivity contribution in [2.24, 2.45) is 0 Å². The summed E-state index contributed by atoms with van der Waals surface area (Å²) in [4.78, 5) is 0. The van der Waals surface area contributed by atoms with Crippen molar-refractivity contribution in [1.29, 1.82) is 0 Å². The first kappa shape index (κ1) is 10.7. The van der Waals surface area contributed by atoms with Crippen LogP contribution >= 0.6 is 0 Å². The molecule has 0 aliphatic carbocycles. The minimum absolute atomic E-state index is 0.0497. The molecule has 0 aromatic carbocycles. The van der Waals surface area contributed by atoms with Crippen molar-refractivity contribution in [1.82, 2.24) is 0 Å². The Morgan fingerprint density at radius 2 is 1.92 bits per heavy atom. The van der Waals surface area contributed by atoms with E-state index in [1.54, 1.807) is 21.3 Å². The van der Waals surface area contributed by atoms with Crippen LogP contribution in [-0.4, -0.2) is 46.4 Å². The Hall–Kier alpha value is -0.420. The highest BCUT2D eigenvalue weighted by molar-refractivity contribution is 5.00. The fourth-order valence-corrected chi connectivity index (χ4v) is 1.28. The maximum atomic E-state index is 5.52. The van der Waals surface area contributed by atoms with Gasteiger partial charge in [0, 0.05) is 21.3 Å². The zero-order chi connectivity index (χ0) is 9.68. The summed E-state index contributed by atoms with van der Waals surface area (Å²) in [7, 11) is 4.89. The first-order valence-corrected chi connectivity index (χ1v) is 4.20. The molecule has 0 spiro atoms. The largest absolute Gasteiger partial charge is 0.382 e. The fraction of sp³-hybridized carbons (Fsp3) is 0.778. The Kier molecular flexibility index (Phi) is 4.38. The van der Waals surface area contributed by atoms with Crippen LogP contribution in [0.15, 0.2) is 12.2 Å². The van der Waals surface area contributed by atoms with Gasteiger partial charge in [-0.25, -0.2) is 0 Å². The van der Waals surface area contributed by atoms with Gasteiger partial charge < -0.3 is 18.9 Å². The number of hydrogen-bond donors (Lipinski definition) is 0. The third kappa shape index (κ3) is 2.77. The van der Waals surface area contributed by atoms with E-state index in [1.807, 2.05) is 12.2 Å². The standard InChI is InChI=1S/C9H16O4/c1-10-6-8-7(11-2)4-5-9(12-3)13-8/h4-5,7-9H,6H2,1-3H3. The topological polar surface area (TPSA) is 36.9 Å². The first-order chi connectivity index (χ1) is 6.31. The van der Waals surface area contributed by atoms with E-state index in [0.29, 0.717) is 6.61 Å². The van der Waals surface area contributed by atoms with Crippen LogP contribution in [0.5, 0.6) is 0 Å². The Balaban J connectivity index is 2.53. The van der Waals surface area contributed by atoms with Gasteiger partial charge in [-0.2, -0.15) is 0 Å². The summed E-state index contributed by atoms with van der Waals surface area (Å²) in [6.45, 7) is 0.503. The van der Waals surface area contributed by atoms with Gasteiger partial charge in [-0.05, 0) is 6.08 Å². The maximum Gasteiger partial charge on any atom is 0.177 e. The molecule has 0 fully saturated rings. The quantitative estimate of drug-likeness (QED) is 0.605. The van der Waals surface area contributed by atoms with Gasteiger partial charge in [-0.3, -0.25) is 0 Å². The van der Waals surface area contributed by atoms with Crippen LogP contribution in [0.2, 0.25) is 0 Å². The molecule has 3 unspecified atom stereocenters. The summed E-state index contributed by atoms with van der Waals surface area (Å²) in [5.74, 6) is 0. The Bertz CT molecular complexity index is 169. The molecule has 1 aliphatic heterocycles. The van der Waals surface area contributed by atoms with Crippen molar-refractivity contribution in [2.45, 2.75) is 18.5 Å². The molecule has 0 aromatic heterocycles. The number of rotatable bonds is 4. The van der Waals surface area contributed by atoms with E-state index in [2.05, 4.69) is 0 Å². The minimum atomic E-state index is -0.286. The van der Waals surface area contributed by atoms with Crippen LogP contribution in [0.25, 0.3) is 0 Å². The molecular formula is C9H16O4. The molecule has 0 saturated heterocycles. The summed E-state index contributed by atoms with van der Waals surface area (Å²) in [5, 5.41) is 0. The summed E-state index contributed by atoms with van der Waals surface area (Å²) in [5.41, 5.74) is 0. The lowest BCUT2D eigenvalue weighted by atomic mass is 10.1. The Morgan fingerprint density at radius 1 is 1.15 bits per heavy atom. The van der Waals surface area contributed by atoms with Crippen LogP contribution in [0.4, 0.5) is 0 Å². The summed E-state index contributed by atoms with van der Waals surface area (Å²) in [6, 6.07) is 0. The van der Waals surface area contributed by atoms with E-state index in [0.717, 1.165) is 0 Å². The monoisotopic (exact) mass is 188 g/mol. The average Bonchev–Trinajstić information content (AvgIpc) is 2.18. The van der Waals surface area contributed by atoms with Crippen molar-refractivity contribution in [3.63, 3.8) is 0 Å². The molecule has 76 valence electrons. The second kappa shape index (κ2) is 5.34. The lowest BCUT2D eigenvalue weighted by Crippen LogP contribution is -2.40. The van der Waals surface area contributed by atoms with Gasteiger partial charge in [-0.15, -0.1) is 0 Å². The van der Waals surface area contributed by atoms with Crippen LogP contribution in [0.3, 0.4) is 0 Å². The molecule has 0 amide bonds. The second-order valence-electron chi connectivity index (χ2n) is 2.82. The molecular weight excluding hydrogens is 172 g/mol. The lowest BCUT2D eigenvalue weighted by Gasteiger charge is -2.30. The van der Waals surface area contributed by atoms with Crippen LogP contribution in [0, 0.1) is 0 Å². The average molecular weight is 188 g/mol. The summed E-state index contributed by atoms with van der Waals surface area (Å²) >= 11 is 0. The molecule has 1 aliphatic rings. The van der Waals surface area contributed by atoms with Gasteiger partial charge in [0.2, 0.25) is 0 Å². The number of methoxy groups -OCH3 is 3. The molecule has 1 rings (SSSR count). The van der Waals surface area contributed by atoms with Crippen LogP contribution < -0.4 is 0 Å². The van der Waals surface area contributed by atoms with Gasteiger partial charge in [0.1, 0.15) is 12.2 Å². The van der Waals surface area contributed by atoms with E-state index in [9.17, 15) is 0 Å². The van der Waals surface area contributed by atoms with Gasteiger partial charge in [0.05, 0.1) is 6.61 Å². The van der Waals surface area contributed by atoms with E-state index in [1.165, 1.54) is 0 Å². The molecule has 0 bridgehead atoms. The molecule has 0 N–H and O–H groups in total. The Labute approximate surface area is 78.4 Å². The third-order valence-electron chi connectivity index (χ3n) is 1.97. The smallest absolute Gasteiger partial charge is 0.177 e. The molecule has 0 saturated carbocycles. The van der Waals surface area contributed by atoms with Crippen LogP contribution in [0.1, 0.15) is 0 Å². The van der Waals surface area contributed by atoms with E-state index in [-0.39, 0.29) is 18.5 Å². The highest BCUT2D eigenvalue weighted by atomic mass is 16.7. The summed E-state index contributed by atoms with van der Waals surface area (Å²) < 4.78 is 20.8. The third-order valence-corrected chi connectivity index (χ3v) is 1.97. The fourth-order valence-electron chi connectivity index (χ4n) is 1.28. The van der Waals surface area contributed by atoms with E-state index < -0.39 is 0 Å². The first-order valence-electron chi connectivity index (χ1n) is 4.20. The van der Waals surface area contributed by atoms with Crippen LogP contribution in [-0.2, 0) is 18.9 Å². The van der Waals surface area contributed by atoms with Crippen molar-refractivity contribution in [3.05, 3.63) is 12.2 Å². The van der Waals surface area contributed by atoms with Gasteiger partial charge in [0.25, 0.3) is 0 Å². The summed E-state index contributed by atoms with van der Waals surface area (Å²) in [6.07, 6.45) is 3.34. The number of ether oxygens (including phenoxy) is 4. The minimum Gasteiger partial charge on any atom is -0.382 e. The van der Waals surface area contributed by atoms with E-state index >= 15 is 0 Å². The zero-order valence-electron chi connectivity index (χ0n) is 8.23. The normalized spacial score (nSPS) is 33.6. The maximum absolute atomic E-state index is 5.52. The molecule has 13 heavy (non-hydrogen) atoms. The van der Waals surface area contributed by atoms with Crippen molar-refractivity contribution >= 4 is 0 Å². The molecule has 0 aromatic rings. The van der Waals surface area contributed by atoms with Gasteiger partial charge in [0.15, 0.2) is 6.29 Å². The molecule has 1 heterocycles. The van der Waals surface area contributed by atoms with Crippen molar-refractivity contribution < 1.29 is 18.9 Å². The predicted octanol–water partition coefficient (Wildman–Crippen LogP) is 0.575. The van der Waals surface area contributed by atoms with Crippen molar-refractivity contribution in [2.75, 3.05) is 27.9 Å². The van der Waals surface area contributed by atoms with Crippen molar-refractivity contribution in [3.8, 4) is 0 Å². The Morgan fingerprint density at radius 3 is 2.46 bits per heavy atom. The zero-order valence-corrected chi connectivity index (χ0v) is 8.23. The van der Waals surface area contributed by atoms with Gasteiger partial charge in [-0.1, -0.05) is 6.08 Å².